The summed E-state index contributed by atoms with van der Waals surface area (Å²) < 4.78 is 5.54. The van der Waals surface area contributed by atoms with E-state index in [1.807, 2.05) is 30.3 Å². The molecule has 3 rings (SSSR count). The van der Waals surface area contributed by atoms with Crippen LogP contribution in [0.15, 0.2) is 64.2 Å². The van der Waals surface area contributed by atoms with Crippen molar-refractivity contribution >= 4 is 23.4 Å². The van der Waals surface area contributed by atoms with Crippen molar-refractivity contribution in [1.82, 2.24) is 15.5 Å². The maximum atomic E-state index is 12.2. The topological polar surface area (TPSA) is 111 Å². The molecular formula is C19H18N4O4S. The van der Waals surface area contributed by atoms with Crippen LogP contribution in [0.3, 0.4) is 0 Å². The number of nitro benzene ring substituents is 1. The second-order valence-electron chi connectivity index (χ2n) is 5.97. The molecule has 1 aromatic heterocycles. The number of amides is 1. The van der Waals surface area contributed by atoms with Crippen molar-refractivity contribution in [3.8, 4) is 11.5 Å². The van der Waals surface area contributed by atoms with Crippen LogP contribution in [-0.4, -0.2) is 32.8 Å². The quantitative estimate of drug-likeness (QED) is 0.351. The Morgan fingerprint density at radius 2 is 2.00 bits per heavy atom. The molecule has 0 bridgehead atoms. The minimum atomic E-state index is -0.489. The highest BCUT2D eigenvalue weighted by Crippen LogP contribution is 2.27. The average Bonchev–Trinajstić information content (AvgIpc) is 3.17. The Morgan fingerprint density at radius 1 is 1.21 bits per heavy atom. The SMILES string of the molecule is C[C@H](Sc1nnc(-c2cccc([N+](=O)[O-])c2)o1)C(=O)NCCc1ccccc1. The van der Waals surface area contributed by atoms with Crippen molar-refractivity contribution in [2.24, 2.45) is 0 Å². The molecule has 28 heavy (non-hydrogen) atoms. The number of carbonyl (C=O) groups is 1. The lowest BCUT2D eigenvalue weighted by Crippen LogP contribution is -2.32. The molecule has 9 heteroatoms. The van der Waals surface area contributed by atoms with Gasteiger partial charge in [0.2, 0.25) is 11.8 Å². The van der Waals surface area contributed by atoms with Crippen molar-refractivity contribution in [2.45, 2.75) is 23.8 Å². The molecule has 0 aliphatic heterocycles. The van der Waals surface area contributed by atoms with Gasteiger partial charge in [0.1, 0.15) is 0 Å². The Morgan fingerprint density at radius 3 is 2.75 bits per heavy atom. The van der Waals surface area contributed by atoms with Crippen LogP contribution in [0.1, 0.15) is 12.5 Å². The lowest BCUT2D eigenvalue weighted by atomic mass is 10.1. The molecule has 0 saturated carbocycles. The van der Waals surface area contributed by atoms with Gasteiger partial charge in [0.15, 0.2) is 0 Å². The van der Waals surface area contributed by atoms with Gasteiger partial charge in [-0.2, -0.15) is 0 Å². The molecule has 0 unspecified atom stereocenters. The third-order valence-electron chi connectivity index (χ3n) is 3.91. The van der Waals surface area contributed by atoms with Crippen LogP contribution in [0.4, 0.5) is 5.69 Å². The zero-order valence-corrected chi connectivity index (χ0v) is 15.9. The van der Waals surface area contributed by atoms with Gasteiger partial charge < -0.3 is 9.73 Å². The molecule has 1 N–H and O–H groups in total. The minimum absolute atomic E-state index is 0.0592. The molecule has 1 amide bonds. The Labute approximate surface area is 165 Å². The van der Waals surface area contributed by atoms with Crippen LogP contribution >= 0.6 is 11.8 Å². The number of nitrogens with zero attached hydrogens (tertiary/aromatic N) is 3. The smallest absolute Gasteiger partial charge is 0.277 e. The van der Waals surface area contributed by atoms with Gasteiger partial charge in [-0.3, -0.25) is 14.9 Å². The zero-order chi connectivity index (χ0) is 19.9. The van der Waals surface area contributed by atoms with Crippen LogP contribution in [0.2, 0.25) is 0 Å². The third kappa shape index (κ3) is 5.17. The molecule has 1 heterocycles. The van der Waals surface area contributed by atoms with Gasteiger partial charge in [-0.05, 0) is 25.0 Å². The van der Waals surface area contributed by atoms with Crippen molar-refractivity contribution in [2.75, 3.05) is 6.54 Å². The van der Waals surface area contributed by atoms with Crippen LogP contribution in [-0.2, 0) is 11.2 Å². The Kier molecular flexibility index (Phi) is 6.38. The van der Waals surface area contributed by atoms with Gasteiger partial charge >= 0.3 is 0 Å². The molecule has 0 fully saturated rings. The predicted molar refractivity (Wildman–Crippen MR) is 105 cm³/mol. The Balaban J connectivity index is 1.54. The summed E-state index contributed by atoms with van der Waals surface area (Å²) in [4.78, 5) is 22.6. The summed E-state index contributed by atoms with van der Waals surface area (Å²) >= 11 is 1.14. The number of nitro groups is 1. The van der Waals surface area contributed by atoms with Crippen LogP contribution < -0.4 is 5.32 Å². The first-order chi connectivity index (χ1) is 13.5. The second kappa shape index (κ2) is 9.14. The standard InChI is InChI=1S/C19H18N4O4S/c1-13(17(24)20-11-10-14-6-3-2-4-7-14)28-19-22-21-18(27-19)15-8-5-9-16(12-15)23(25)26/h2-9,12-13H,10-11H2,1H3,(H,20,24)/t13-/m0/s1. The molecule has 0 saturated heterocycles. The predicted octanol–water partition coefficient (Wildman–Crippen LogP) is 3.48. The maximum absolute atomic E-state index is 12.2. The minimum Gasteiger partial charge on any atom is -0.411 e. The average molecular weight is 398 g/mol. The fourth-order valence-electron chi connectivity index (χ4n) is 2.45. The fourth-order valence-corrected chi connectivity index (χ4v) is 3.16. The summed E-state index contributed by atoms with van der Waals surface area (Å²) in [5.74, 6) is 0.0407. The van der Waals surface area contributed by atoms with Crippen molar-refractivity contribution < 1.29 is 14.1 Å². The number of hydrogen-bond acceptors (Lipinski definition) is 7. The van der Waals surface area contributed by atoms with E-state index in [1.165, 1.54) is 12.1 Å². The first-order valence-corrected chi connectivity index (χ1v) is 9.47. The van der Waals surface area contributed by atoms with E-state index >= 15 is 0 Å². The molecule has 8 nitrogen and oxygen atoms in total. The van der Waals surface area contributed by atoms with Gasteiger partial charge in [-0.15, -0.1) is 10.2 Å². The number of benzene rings is 2. The van der Waals surface area contributed by atoms with Crippen LogP contribution in [0, 0.1) is 10.1 Å². The molecular weight excluding hydrogens is 380 g/mol. The first kappa shape index (κ1) is 19.6. The molecule has 1 atom stereocenters. The van der Waals surface area contributed by atoms with Crippen molar-refractivity contribution in [3.05, 3.63) is 70.3 Å². The van der Waals surface area contributed by atoms with E-state index in [-0.39, 0.29) is 22.7 Å². The van der Waals surface area contributed by atoms with Crippen LogP contribution in [0.5, 0.6) is 0 Å². The monoisotopic (exact) mass is 398 g/mol. The molecule has 144 valence electrons. The van der Waals surface area contributed by atoms with Crippen molar-refractivity contribution in [3.63, 3.8) is 0 Å². The molecule has 0 aliphatic rings. The summed E-state index contributed by atoms with van der Waals surface area (Å²) in [6.07, 6.45) is 0.751. The van der Waals surface area contributed by atoms with Gasteiger partial charge in [-0.25, -0.2) is 0 Å². The normalized spacial score (nSPS) is 11.8. The summed E-state index contributed by atoms with van der Waals surface area (Å²) in [7, 11) is 0. The number of aromatic nitrogens is 2. The fraction of sp³-hybridized carbons (Fsp3) is 0.211. The van der Waals surface area contributed by atoms with Gasteiger partial charge in [0.25, 0.3) is 10.9 Å². The zero-order valence-electron chi connectivity index (χ0n) is 15.1. The highest BCUT2D eigenvalue weighted by atomic mass is 32.2. The number of thioether (sulfide) groups is 1. The van der Waals surface area contributed by atoms with E-state index in [0.717, 1.165) is 23.7 Å². The van der Waals surface area contributed by atoms with E-state index in [2.05, 4.69) is 15.5 Å². The molecule has 2 aromatic carbocycles. The van der Waals surface area contributed by atoms with E-state index in [9.17, 15) is 14.9 Å². The lowest BCUT2D eigenvalue weighted by molar-refractivity contribution is -0.384. The Hall–Kier alpha value is -3.20. The van der Waals surface area contributed by atoms with E-state index < -0.39 is 10.2 Å². The highest BCUT2D eigenvalue weighted by molar-refractivity contribution is 8.00. The van der Waals surface area contributed by atoms with Gasteiger partial charge in [-0.1, -0.05) is 48.2 Å². The molecule has 0 aliphatic carbocycles. The summed E-state index contributed by atoms with van der Waals surface area (Å²) in [5, 5.41) is 21.4. The number of hydrogen-bond donors (Lipinski definition) is 1. The summed E-state index contributed by atoms with van der Waals surface area (Å²) in [5.41, 5.74) is 1.55. The van der Waals surface area contributed by atoms with E-state index in [4.69, 9.17) is 4.42 Å². The summed E-state index contributed by atoms with van der Waals surface area (Å²) in [6, 6.07) is 15.8. The van der Waals surface area contributed by atoms with E-state index in [1.54, 1.807) is 19.1 Å². The second-order valence-corrected chi connectivity index (χ2v) is 7.26. The molecule has 0 spiro atoms. The lowest BCUT2D eigenvalue weighted by Gasteiger charge is -2.09. The Bertz CT molecular complexity index is 961. The molecule has 3 aromatic rings. The van der Waals surface area contributed by atoms with E-state index in [0.29, 0.717) is 12.1 Å². The van der Waals surface area contributed by atoms with Gasteiger partial charge in [0.05, 0.1) is 10.2 Å². The van der Waals surface area contributed by atoms with Crippen LogP contribution in [0.25, 0.3) is 11.5 Å². The molecule has 0 radical (unpaired) electrons. The largest absolute Gasteiger partial charge is 0.411 e. The summed E-state index contributed by atoms with van der Waals surface area (Å²) in [6.45, 7) is 2.29. The number of rotatable bonds is 8. The number of nitrogens with one attached hydrogen (secondary N) is 1. The third-order valence-corrected chi connectivity index (χ3v) is 4.85. The number of non-ortho nitro benzene ring substituents is 1. The number of carbonyl (C=O) groups excluding carboxylic acids is 1. The highest BCUT2D eigenvalue weighted by Gasteiger charge is 2.19. The van der Waals surface area contributed by atoms with Crippen molar-refractivity contribution in [1.29, 1.82) is 0 Å². The van der Waals surface area contributed by atoms with Gasteiger partial charge in [0, 0.05) is 24.2 Å². The first-order valence-electron chi connectivity index (χ1n) is 8.59. The maximum Gasteiger partial charge on any atom is 0.277 e.